The summed E-state index contributed by atoms with van der Waals surface area (Å²) in [7, 11) is 1.51. The summed E-state index contributed by atoms with van der Waals surface area (Å²) in [4.78, 5) is 32.5. The first-order chi connectivity index (χ1) is 22.6. The summed E-state index contributed by atoms with van der Waals surface area (Å²) in [6.45, 7) is 2.91. The van der Waals surface area contributed by atoms with Gasteiger partial charge in [0.05, 0.1) is 36.5 Å². The quantitative estimate of drug-likeness (QED) is 0.191. The number of methoxy groups -OCH3 is 1. The molecule has 2 aliphatic heterocycles. The van der Waals surface area contributed by atoms with Gasteiger partial charge in [0, 0.05) is 30.3 Å². The average molecular weight is 676 g/mol. The minimum atomic E-state index is -5.06. The molecule has 0 radical (unpaired) electrons. The molecule has 3 fully saturated rings. The highest BCUT2D eigenvalue weighted by molar-refractivity contribution is 5.81. The lowest BCUT2D eigenvalue weighted by molar-refractivity contribution is -0.143. The smallest absolute Gasteiger partial charge is 0.416 e. The number of carboxylic acids is 1. The fourth-order valence-electron chi connectivity index (χ4n) is 6.33. The van der Waals surface area contributed by atoms with Crippen LogP contribution in [0.3, 0.4) is 0 Å². The number of carbonyl (C=O) groups excluding carboxylic acids is 1. The van der Waals surface area contributed by atoms with Crippen molar-refractivity contribution in [1.29, 1.82) is 0 Å². The number of benzene rings is 2. The van der Waals surface area contributed by atoms with E-state index in [-0.39, 0.29) is 18.5 Å². The number of ether oxygens (including phenoxy) is 2. The molecule has 48 heavy (non-hydrogen) atoms. The Kier molecular flexibility index (Phi) is 8.54. The highest BCUT2D eigenvalue weighted by Gasteiger charge is 2.44. The molecular weight excluding hydrogens is 644 g/mol. The molecule has 3 aromatic rings. The largest absolute Gasteiger partial charge is 0.496 e. The Hall–Kier alpha value is -4.75. The van der Waals surface area contributed by atoms with Gasteiger partial charge in [0.15, 0.2) is 0 Å². The number of anilines is 1. The summed E-state index contributed by atoms with van der Waals surface area (Å²) in [6.07, 6.45) is -9.08. The summed E-state index contributed by atoms with van der Waals surface area (Å²) >= 11 is 0. The van der Waals surface area contributed by atoms with Crippen molar-refractivity contribution in [3.8, 4) is 16.9 Å². The minimum Gasteiger partial charge on any atom is -0.496 e. The molecule has 1 aliphatic carbocycles. The second-order valence-corrected chi connectivity index (χ2v) is 12.2. The molecule has 0 bridgehead atoms. The Bertz CT molecular complexity index is 1750. The number of aliphatic carboxylic acids is 1. The lowest BCUT2D eigenvalue weighted by atomic mass is 9.75. The number of aromatic nitrogens is 1. The lowest BCUT2D eigenvalue weighted by Gasteiger charge is -2.33. The van der Waals surface area contributed by atoms with Crippen LogP contribution in [0.4, 0.5) is 37.0 Å². The van der Waals surface area contributed by atoms with Crippen molar-refractivity contribution in [3.05, 3.63) is 88.1 Å². The van der Waals surface area contributed by atoms with Crippen LogP contribution < -0.4 is 9.64 Å². The van der Waals surface area contributed by atoms with Gasteiger partial charge in [-0.2, -0.15) is 26.3 Å². The van der Waals surface area contributed by atoms with Crippen LogP contribution >= 0.6 is 0 Å². The lowest BCUT2D eigenvalue weighted by Crippen LogP contribution is -2.38. The normalized spacial score (nSPS) is 21.0. The van der Waals surface area contributed by atoms with Crippen molar-refractivity contribution in [2.75, 3.05) is 25.1 Å². The number of carboxylic acid groups (broad SMARTS) is 1. The van der Waals surface area contributed by atoms with Crippen LogP contribution in [0.25, 0.3) is 11.1 Å². The maximum Gasteiger partial charge on any atom is 0.416 e. The van der Waals surface area contributed by atoms with Crippen molar-refractivity contribution >= 4 is 17.9 Å². The van der Waals surface area contributed by atoms with Gasteiger partial charge in [-0.15, -0.1) is 0 Å². The van der Waals surface area contributed by atoms with Crippen molar-refractivity contribution in [2.24, 2.45) is 0 Å². The van der Waals surface area contributed by atoms with Gasteiger partial charge in [0.25, 0.3) is 0 Å². The summed E-state index contributed by atoms with van der Waals surface area (Å²) in [6, 6.07) is 9.57. The number of allylic oxidation sites excluding steroid dienone is 1. The first-order valence-corrected chi connectivity index (χ1v) is 15.2. The van der Waals surface area contributed by atoms with Crippen molar-refractivity contribution < 1.29 is 50.5 Å². The fraction of sp³-hybridized carbons (Fsp3) is 0.382. The van der Waals surface area contributed by atoms with Gasteiger partial charge >= 0.3 is 24.4 Å². The number of halogens is 6. The molecule has 1 saturated carbocycles. The maximum absolute atomic E-state index is 13.6. The Labute approximate surface area is 271 Å². The van der Waals surface area contributed by atoms with E-state index < -0.39 is 53.3 Å². The van der Waals surface area contributed by atoms with Gasteiger partial charge < -0.3 is 19.5 Å². The molecule has 1 amide bonds. The third kappa shape index (κ3) is 6.52. The first kappa shape index (κ1) is 33.2. The Balaban J connectivity index is 1.35. The van der Waals surface area contributed by atoms with E-state index in [1.165, 1.54) is 25.0 Å². The van der Waals surface area contributed by atoms with Gasteiger partial charge in [-0.1, -0.05) is 11.6 Å². The molecule has 2 atom stereocenters. The summed E-state index contributed by atoms with van der Waals surface area (Å²) in [5.41, 5.74) is 0.0609. The summed E-state index contributed by atoms with van der Waals surface area (Å²) in [5, 5.41) is 9.07. The number of nitrogens with zero attached hydrogens (tertiary/aromatic N) is 3. The maximum atomic E-state index is 13.6. The average Bonchev–Trinajstić information content (AvgIpc) is 3.25. The standard InChI is InChI=1S/C34H31F6N3O5/c1-18-31(22-13-23(33(35,36)37)16-24(14-22)34(38,39)40)48-32(46)43(18)17-27-25(5-7-29(41-27)42-8-3-9-42)26-15-20(4-6-28(26)47-2)21-10-19(11-21)12-30(44)45/h4-7,12-16,18,21,31H,3,8-11,17H2,1-2H3,(H,44,45)/t18-,21?,31-/m0/s1. The minimum absolute atomic E-state index is 0.0363. The highest BCUT2D eigenvalue weighted by Crippen LogP contribution is 2.45. The third-order valence-electron chi connectivity index (χ3n) is 9.12. The molecule has 254 valence electrons. The molecule has 6 rings (SSSR count). The second kappa shape index (κ2) is 12.4. The third-order valence-corrected chi connectivity index (χ3v) is 9.12. The van der Waals surface area contributed by atoms with Crippen LogP contribution in [-0.2, 0) is 28.4 Å². The van der Waals surface area contributed by atoms with E-state index in [1.807, 2.05) is 29.2 Å². The van der Waals surface area contributed by atoms with Gasteiger partial charge in [-0.3, -0.25) is 4.90 Å². The number of pyridine rings is 1. The Morgan fingerprint density at radius 1 is 0.979 bits per heavy atom. The molecule has 8 nitrogen and oxygen atoms in total. The topological polar surface area (TPSA) is 92.2 Å². The zero-order chi connectivity index (χ0) is 34.5. The number of amides is 1. The number of carbonyl (C=O) groups is 2. The van der Waals surface area contributed by atoms with E-state index >= 15 is 0 Å². The van der Waals surface area contributed by atoms with Crippen molar-refractivity contribution in [2.45, 2.75) is 63.1 Å². The molecule has 1 aromatic heterocycles. The first-order valence-electron chi connectivity index (χ1n) is 15.2. The zero-order valence-corrected chi connectivity index (χ0v) is 25.9. The van der Waals surface area contributed by atoms with Crippen molar-refractivity contribution in [3.63, 3.8) is 0 Å². The number of cyclic esters (lactones) is 1. The molecule has 2 aromatic carbocycles. The van der Waals surface area contributed by atoms with Crippen LogP contribution in [-0.4, -0.2) is 53.3 Å². The van der Waals surface area contributed by atoms with Crippen LogP contribution in [0.2, 0.25) is 0 Å². The summed E-state index contributed by atoms with van der Waals surface area (Å²) in [5.74, 6) is 0.253. The predicted molar refractivity (Wildman–Crippen MR) is 161 cm³/mol. The molecule has 0 unspecified atom stereocenters. The Morgan fingerprint density at radius 2 is 1.65 bits per heavy atom. The number of alkyl halides is 6. The molecular formula is C34H31F6N3O5. The zero-order valence-electron chi connectivity index (χ0n) is 25.9. The van der Waals surface area contributed by atoms with E-state index in [9.17, 15) is 35.9 Å². The number of hydrogen-bond acceptors (Lipinski definition) is 6. The van der Waals surface area contributed by atoms with Gasteiger partial charge in [-0.05, 0) is 85.7 Å². The monoisotopic (exact) mass is 675 g/mol. The number of rotatable bonds is 8. The van der Waals surface area contributed by atoms with E-state index in [1.54, 1.807) is 6.07 Å². The van der Waals surface area contributed by atoms with Gasteiger partial charge in [0.1, 0.15) is 17.7 Å². The molecule has 1 N–H and O–H groups in total. The number of hydrogen-bond donors (Lipinski definition) is 1. The van der Waals surface area contributed by atoms with E-state index in [4.69, 9.17) is 19.6 Å². The van der Waals surface area contributed by atoms with Crippen LogP contribution in [0, 0.1) is 0 Å². The van der Waals surface area contributed by atoms with E-state index in [0.29, 0.717) is 53.4 Å². The van der Waals surface area contributed by atoms with Gasteiger partial charge in [0.2, 0.25) is 0 Å². The van der Waals surface area contributed by atoms with Gasteiger partial charge in [-0.25, -0.2) is 14.6 Å². The van der Waals surface area contributed by atoms with Crippen LogP contribution in [0.5, 0.6) is 5.75 Å². The van der Waals surface area contributed by atoms with E-state index in [2.05, 4.69) is 0 Å². The van der Waals surface area contributed by atoms with Crippen LogP contribution in [0.1, 0.15) is 66.2 Å². The Morgan fingerprint density at radius 3 is 2.21 bits per heavy atom. The molecule has 0 spiro atoms. The molecule has 2 saturated heterocycles. The molecule has 3 heterocycles. The molecule has 3 aliphatic rings. The molecule has 14 heteroatoms. The van der Waals surface area contributed by atoms with Crippen LogP contribution in [0.15, 0.2) is 60.2 Å². The fourth-order valence-corrected chi connectivity index (χ4v) is 6.33. The second-order valence-electron chi connectivity index (χ2n) is 12.2. The summed E-state index contributed by atoms with van der Waals surface area (Å²) < 4.78 is 92.7. The SMILES string of the molecule is COc1ccc(C2CC(=CC(=O)O)C2)cc1-c1ccc(N2CCC2)nc1CN1C(=O)O[C@H](c2cc(C(F)(F)F)cc(C(F)(F)F)c2)[C@@H]1C. The van der Waals surface area contributed by atoms with E-state index in [0.717, 1.165) is 30.6 Å². The van der Waals surface area contributed by atoms with Crippen molar-refractivity contribution in [1.82, 2.24) is 9.88 Å². The predicted octanol–water partition coefficient (Wildman–Crippen LogP) is 7.98. The highest BCUT2D eigenvalue weighted by atomic mass is 19.4.